The molecule has 0 unspecified atom stereocenters. The summed E-state index contributed by atoms with van der Waals surface area (Å²) in [7, 11) is -1.88. The van der Waals surface area contributed by atoms with Crippen molar-refractivity contribution in [2.45, 2.75) is 11.4 Å². The van der Waals surface area contributed by atoms with Gasteiger partial charge >= 0.3 is 0 Å². The first-order valence-corrected chi connectivity index (χ1v) is 6.72. The van der Waals surface area contributed by atoms with Gasteiger partial charge in [0.25, 0.3) is 0 Å². The summed E-state index contributed by atoms with van der Waals surface area (Å²) in [6, 6.07) is 2.90. The number of nitrogens with one attached hydrogen (secondary N) is 3. The molecule has 0 amide bonds. The molecule has 0 aromatic carbocycles. The van der Waals surface area contributed by atoms with Crippen LogP contribution in [0, 0.1) is 0 Å². The van der Waals surface area contributed by atoms with Crippen molar-refractivity contribution in [2.75, 3.05) is 12.4 Å². The number of hydrogen-bond donors (Lipinski definition) is 3. The molecule has 0 aliphatic carbocycles. The summed E-state index contributed by atoms with van der Waals surface area (Å²) >= 11 is 0. The molecule has 2 aromatic rings. The maximum absolute atomic E-state index is 12.0. The Labute approximate surface area is 105 Å². The predicted octanol–water partition coefficient (Wildman–Crippen LogP) is 0.325. The lowest BCUT2D eigenvalue weighted by molar-refractivity contribution is 0.579. The lowest BCUT2D eigenvalue weighted by atomic mass is 10.5. The number of nitrogens with zero attached hydrogens (tertiary/aromatic N) is 2. The van der Waals surface area contributed by atoms with Gasteiger partial charge in [-0.1, -0.05) is 0 Å². The lowest BCUT2D eigenvalue weighted by Gasteiger charge is -2.06. The molecule has 7 nitrogen and oxygen atoms in total. The molecule has 2 aromatic heterocycles. The zero-order valence-corrected chi connectivity index (χ0v) is 10.5. The van der Waals surface area contributed by atoms with Gasteiger partial charge in [0, 0.05) is 31.7 Å². The van der Waals surface area contributed by atoms with Crippen molar-refractivity contribution in [3.63, 3.8) is 0 Å². The van der Waals surface area contributed by atoms with E-state index in [-0.39, 0.29) is 11.4 Å². The molecule has 0 bridgehead atoms. The highest BCUT2D eigenvalue weighted by Crippen LogP contribution is 2.12. The van der Waals surface area contributed by atoms with Crippen LogP contribution in [-0.2, 0) is 16.6 Å². The third-order valence-corrected chi connectivity index (χ3v) is 3.68. The maximum Gasteiger partial charge on any atom is 0.241 e. The molecule has 2 heterocycles. The molecule has 18 heavy (non-hydrogen) atoms. The Balaban J connectivity index is 2.14. The zero-order chi connectivity index (χ0) is 13.0. The Kier molecular flexibility index (Phi) is 3.58. The molecule has 0 saturated carbocycles. The predicted molar refractivity (Wildman–Crippen MR) is 66.4 cm³/mol. The van der Waals surface area contributed by atoms with Crippen LogP contribution in [0.25, 0.3) is 0 Å². The zero-order valence-electron chi connectivity index (χ0n) is 9.71. The Morgan fingerprint density at radius 2 is 2.17 bits per heavy atom. The summed E-state index contributed by atoms with van der Waals surface area (Å²) in [5, 5.41) is 2.79. The first-order chi connectivity index (χ1) is 8.62. The second kappa shape index (κ2) is 5.15. The van der Waals surface area contributed by atoms with E-state index in [0.29, 0.717) is 11.6 Å². The van der Waals surface area contributed by atoms with E-state index in [2.05, 4.69) is 25.0 Å². The van der Waals surface area contributed by atoms with Crippen LogP contribution in [-0.4, -0.2) is 30.4 Å². The standard InChI is InChI=1S/C10H13N5O2S/c1-11-9-6-8(2-3-12-9)18(16,17)15-7-10-13-4-5-14-10/h2-6,15H,7H2,1H3,(H,11,12)(H,13,14). The van der Waals surface area contributed by atoms with Crippen molar-refractivity contribution < 1.29 is 8.42 Å². The van der Waals surface area contributed by atoms with E-state index >= 15 is 0 Å². The summed E-state index contributed by atoms with van der Waals surface area (Å²) in [6.07, 6.45) is 4.64. The van der Waals surface area contributed by atoms with Crippen LogP contribution in [0.15, 0.2) is 35.6 Å². The first-order valence-electron chi connectivity index (χ1n) is 5.23. The van der Waals surface area contributed by atoms with Gasteiger partial charge in [0.15, 0.2) is 0 Å². The van der Waals surface area contributed by atoms with Gasteiger partial charge in [-0.3, -0.25) is 0 Å². The number of hydrogen-bond acceptors (Lipinski definition) is 5. The lowest BCUT2D eigenvalue weighted by Crippen LogP contribution is -2.24. The van der Waals surface area contributed by atoms with E-state index in [1.165, 1.54) is 18.3 Å². The van der Waals surface area contributed by atoms with E-state index in [1.807, 2.05) is 0 Å². The number of aromatic amines is 1. The Morgan fingerprint density at radius 3 is 2.83 bits per heavy atom. The molecule has 3 N–H and O–H groups in total. The van der Waals surface area contributed by atoms with Crippen LogP contribution in [0.2, 0.25) is 0 Å². The molecule has 8 heteroatoms. The third-order valence-electron chi connectivity index (χ3n) is 2.28. The van der Waals surface area contributed by atoms with E-state index in [9.17, 15) is 8.42 Å². The molecular formula is C10H13N5O2S. The van der Waals surface area contributed by atoms with Crippen LogP contribution in [0.3, 0.4) is 0 Å². The SMILES string of the molecule is CNc1cc(S(=O)(=O)NCc2ncc[nH]2)ccn1. The number of pyridine rings is 1. The van der Waals surface area contributed by atoms with Gasteiger partial charge in [0.05, 0.1) is 11.4 Å². The van der Waals surface area contributed by atoms with E-state index in [4.69, 9.17) is 0 Å². The molecule has 0 aliphatic heterocycles. The van der Waals surface area contributed by atoms with Crippen LogP contribution in [0.1, 0.15) is 5.82 Å². The highest BCUT2D eigenvalue weighted by atomic mass is 32.2. The smallest absolute Gasteiger partial charge is 0.241 e. The minimum Gasteiger partial charge on any atom is -0.373 e. The van der Waals surface area contributed by atoms with Crippen LogP contribution < -0.4 is 10.0 Å². The minimum atomic E-state index is -3.56. The van der Waals surface area contributed by atoms with Gasteiger partial charge in [-0.15, -0.1) is 0 Å². The van der Waals surface area contributed by atoms with Crippen LogP contribution >= 0.6 is 0 Å². The number of sulfonamides is 1. The molecule has 0 saturated heterocycles. The summed E-state index contributed by atoms with van der Waals surface area (Å²) in [5.74, 6) is 1.05. The van der Waals surface area contributed by atoms with Gasteiger partial charge in [0.2, 0.25) is 10.0 Å². The average molecular weight is 267 g/mol. The molecule has 96 valence electrons. The molecule has 2 rings (SSSR count). The van der Waals surface area contributed by atoms with E-state index in [0.717, 1.165) is 0 Å². The van der Waals surface area contributed by atoms with Crippen LogP contribution in [0.4, 0.5) is 5.82 Å². The molecular weight excluding hydrogens is 254 g/mol. The van der Waals surface area contributed by atoms with Crippen molar-refractivity contribution in [1.82, 2.24) is 19.7 Å². The van der Waals surface area contributed by atoms with Crippen molar-refractivity contribution in [1.29, 1.82) is 0 Å². The molecule has 0 atom stereocenters. The molecule has 0 fully saturated rings. The third kappa shape index (κ3) is 2.84. The van der Waals surface area contributed by atoms with Gasteiger partial charge < -0.3 is 10.3 Å². The van der Waals surface area contributed by atoms with Gasteiger partial charge in [-0.2, -0.15) is 0 Å². The maximum atomic E-state index is 12.0. The molecule has 0 radical (unpaired) electrons. The fourth-order valence-electron chi connectivity index (χ4n) is 1.36. The number of anilines is 1. The summed E-state index contributed by atoms with van der Waals surface area (Å²) in [4.78, 5) is 10.9. The number of aromatic nitrogens is 3. The Bertz CT molecular complexity index is 609. The fraction of sp³-hybridized carbons (Fsp3) is 0.200. The normalized spacial score (nSPS) is 11.4. The van der Waals surface area contributed by atoms with Crippen molar-refractivity contribution >= 4 is 15.8 Å². The second-order valence-electron chi connectivity index (χ2n) is 3.49. The van der Waals surface area contributed by atoms with Gasteiger partial charge in [0.1, 0.15) is 11.6 Å². The van der Waals surface area contributed by atoms with Crippen LogP contribution in [0.5, 0.6) is 0 Å². The fourth-order valence-corrected chi connectivity index (χ4v) is 2.36. The average Bonchev–Trinajstić information content (AvgIpc) is 2.90. The van der Waals surface area contributed by atoms with E-state index in [1.54, 1.807) is 19.4 Å². The summed E-state index contributed by atoms with van der Waals surface area (Å²) in [6.45, 7) is 0.118. The topological polar surface area (TPSA) is 99.8 Å². The summed E-state index contributed by atoms with van der Waals surface area (Å²) < 4.78 is 26.4. The largest absolute Gasteiger partial charge is 0.373 e. The Hall–Kier alpha value is -1.93. The number of H-pyrrole nitrogens is 1. The highest BCUT2D eigenvalue weighted by Gasteiger charge is 2.14. The number of rotatable bonds is 5. The summed E-state index contributed by atoms with van der Waals surface area (Å²) in [5.41, 5.74) is 0. The highest BCUT2D eigenvalue weighted by molar-refractivity contribution is 7.89. The number of imidazole rings is 1. The Morgan fingerprint density at radius 1 is 1.33 bits per heavy atom. The molecule has 0 aliphatic rings. The van der Waals surface area contributed by atoms with E-state index < -0.39 is 10.0 Å². The minimum absolute atomic E-state index is 0.118. The van der Waals surface area contributed by atoms with Gasteiger partial charge in [-0.25, -0.2) is 23.1 Å². The second-order valence-corrected chi connectivity index (χ2v) is 5.25. The van der Waals surface area contributed by atoms with Gasteiger partial charge in [-0.05, 0) is 6.07 Å². The monoisotopic (exact) mass is 267 g/mol. The molecule has 0 spiro atoms. The first kappa shape index (κ1) is 12.5. The van der Waals surface area contributed by atoms with Crippen molar-refractivity contribution in [3.8, 4) is 0 Å². The quantitative estimate of drug-likeness (QED) is 0.724. The van der Waals surface area contributed by atoms with Crippen molar-refractivity contribution in [3.05, 3.63) is 36.5 Å². The van der Waals surface area contributed by atoms with Crippen molar-refractivity contribution in [2.24, 2.45) is 0 Å².